The van der Waals surface area contributed by atoms with Crippen LogP contribution in [0.15, 0.2) is 60.7 Å². The standard InChI is InChI=1S/C25H27N5O4/c1-4-19(17-8-6-5-7-9-17)25(31)26-14-15-34-23-13-12-22-27-28-24(30(22)29-23)20-16-18(32-2)10-11-21(20)33-3/h5-13,16,19H,4,14-15H2,1-3H3,(H,26,31). The maximum Gasteiger partial charge on any atom is 0.231 e. The van der Waals surface area contributed by atoms with Gasteiger partial charge in [0, 0.05) is 6.07 Å². The Bertz CT molecular complexity index is 1260. The monoisotopic (exact) mass is 461 g/mol. The summed E-state index contributed by atoms with van der Waals surface area (Å²) in [5.74, 6) is 1.96. The highest BCUT2D eigenvalue weighted by atomic mass is 16.5. The van der Waals surface area contributed by atoms with Crippen LogP contribution < -0.4 is 19.5 Å². The SMILES string of the molecule is CCC(C(=O)NCCOc1ccc2nnc(-c3cc(OC)ccc3OC)n2n1)c1ccccc1. The quantitative estimate of drug-likeness (QED) is 0.361. The van der Waals surface area contributed by atoms with Gasteiger partial charge in [0.25, 0.3) is 0 Å². The van der Waals surface area contributed by atoms with Gasteiger partial charge < -0.3 is 19.5 Å². The number of fused-ring (bicyclic) bond motifs is 1. The molecule has 176 valence electrons. The van der Waals surface area contributed by atoms with Crippen molar-refractivity contribution < 1.29 is 19.0 Å². The lowest BCUT2D eigenvalue weighted by Crippen LogP contribution is -2.32. The number of methoxy groups -OCH3 is 2. The Morgan fingerprint density at radius 1 is 1.03 bits per heavy atom. The maximum absolute atomic E-state index is 12.6. The molecule has 0 fully saturated rings. The highest BCUT2D eigenvalue weighted by Crippen LogP contribution is 2.32. The number of carbonyl (C=O) groups excluding carboxylic acids is 1. The van der Waals surface area contributed by atoms with Crippen LogP contribution in [0.2, 0.25) is 0 Å². The van der Waals surface area contributed by atoms with Crippen LogP contribution in [-0.4, -0.2) is 53.1 Å². The molecule has 1 N–H and O–H groups in total. The molecule has 2 heterocycles. The van der Waals surface area contributed by atoms with Crippen molar-refractivity contribution in [3.8, 4) is 28.8 Å². The van der Waals surface area contributed by atoms with Crippen molar-refractivity contribution in [3.05, 3.63) is 66.2 Å². The molecule has 4 rings (SSSR count). The first-order valence-electron chi connectivity index (χ1n) is 11.0. The topological polar surface area (TPSA) is 99.9 Å². The second kappa shape index (κ2) is 10.7. The minimum atomic E-state index is -0.187. The predicted molar refractivity (Wildman–Crippen MR) is 127 cm³/mol. The van der Waals surface area contributed by atoms with E-state index in [4.69, 9.17) is 14.2 Å². The Morgan fingerprint density at radius 2 is 1.85 bits per heavy atom. The fourth-order valence-electron chi connectivity index (χ4n) is 3.72. The summed E-state index contributed by atoms with van der Waals surface area (Å²) >= 11 is 0. The molecule has 34 heavy (non-hydrogen) atoms. The van der Waals surface area contributed by atoms with Crippen LogP contribution in [0, 0.1) is 0 Å². The number of ether oxygens (including phenoxy) is 3. The minimum Gasteiger partial charge on any atom is -0.497 e. The number of hydrogen-bond donors (Lipinski definition) is 1. The molecule has 0 aliphatic rings. The second-order valence-corrected chi connectivity index (χ2v) is 7.54. The second-order valence-electron chi connectivity index (χ2n) is 7.54. The zero-order valence-electron chi connectivity index (χ0n) is 19.4. The summed E-state index contributed by atoms with van der Waals surface area (Å²) in [5, 5.41) is 15.9. The van der Waals surface area contributed by atoms with Crippen LogP contribution in [-0.2, 0) is 4.79 Å². The molecule has 0 radical (unpaired) electrons. The van der Waals surface area contributed by atoms with Crippen molar-refractivity contribution in [3.63, 3.8) is 0 Å². The lowest BCUT2D eigenvalue weighted by molar-refractivity contribution is -0.122. The molecule has 4 aromatic rings. The Kier molecular flexibility index (Phi) is 7.22. The molecule has 2 aromatic carbocycles. The Labute approximate surface area is 197 Å². The van der Waals surface area contributed by atoms with E-state index in [-0.39, 0.29) is 18.4 Å². The van der Waals surface area contributed by atoms with E-state index >= 15 is 0 Å². The number of hydrogen-bond acceptors (Lipinski definition) is 7. The molecule has 2 aromatic heterocycles. The first kappa shape index (κ1) is 23.0. The molecular weight excluding hydrogens is 434 g/mol. The van der Waals surface area contributed by atoms with Crippen LogP contribution in [0.25, 0.3) is 17.0 Å². The van der Waals surface area contributed by atoms with Gasteiger partial charge in [0.2, 0.25) is 11.8 Å². The third-order valence-electron chi connectivity index (χ3n) is 5.46. The summed E-state index contributed by atoms with van der Waals surface area (Å²) in [6.07, 6.45) is 0.721. The molecule has 0 aliphatic heterocycles. The normalized spacial score (nSPS) is 11.7. The Balaban J connectivity index is 1.44. The van der Waals surface area contributed by atoms with Gasteiger partial charge in [-0.2, -0.15) is 4.52 Å². The van der Waals surface area contributed by atoms with E-state index in [1.807, 2.05) is 49.4 Å². The third kappa shape index (κ3) is 4.93. The number of rotatable bonds is 10. The largest absolute Gasteiger partial charge is 0.497 e. The summed E-state index contributed by atoms with van der Waals surface area (Å²) in [6.45, 7) is 2.64. The van der Waals surface area contributed by atoms with Crippen molar-refractivity contribution in [2.75, 3.05) is 27.4 Å². The van der Waals surface area contributed by atoms with Gasteiger partial charge in [-0.05, 0) is 36.2 Å². The summed E-state index contributed by atoms with van der Waals surface area (Å²) in [7, 11) is 3.19. The molecule has 9 heteroatoms. The van der Waals surface area contributed by atoms with Crippen LogP contribution in [0.1, 0.15) is 24.8 Å². The van der Waals surface area contributed by atoms with Crippen LogP contribution >= 0.6 is 0 Å². The molecule has 0 bridgehead atoms. The predicted octanol–water partition coefficient (Wildman–Crippen LogP) is 3.50. The number of benzene rings is 2. The lowest BCUT2D eigenvalue weighted by atomic mass is 9.96. The third-order valence-corrected chi connectivity index (χ3v) is 5.46. The zero-order chi connectivity index (χ0) is 23.9. The fourth-order valence-corrected chi connectivity index (χ4v) is 3.72. The van der Waals surface area contributed by atoms with Gasteiger partial charge in [-0.1, -0.05) is 37.3 Å². The van der Waals surface area contributed by atoms with Crippen molar-refractivity contribution >= 4 is 11.6 Å². The molecular formula is C25H27N5O4. The van der Waals surface area contributed by atoms with Gasteiger partial charge in [0.05, 0.1) is 32.2 Å². The summed E-state index contributed by atoms with van der Waals surface area (Å²) in [6, 6.07) is 18.7. The van der Waals surface area contributed by atoms with Crippen molar-refractivity contribution in [1.82, 2.24) is 25.1 Å². The average molecular weight is 462 g/mol. The summed E-state index contributed by atoms with van der Waals surface area (Å²) in [4.78, 5) is 12.6. The first-order valence-corrected chi connectivity index (χ1v) is 11.0. The van der Waals surface area contributed by atoms with Crippen LogP contribution in [0.3, 0.4) is 0 Å². The highest BCUT2D eigenvalue weighted by molar-refractivity contribution is 5.83. The van der Waals surface area contributed by atoms with E-state index in [1.165, 1.54) is 0 Å². The molecule has 1 amide bonds. The molecule has 0 saturated carbocycles. The maximum atomic E-state index is 12.6. The van der Waals surface area contributed by atoms with Gasteiger partial charge in [-0.15, -0.1) is 15.3 Å². The first-order chi connectivity index (χ1) is 16.6. The van der Waals surface area contributed by atoms with Crippen molar-refractivity contribution in [2.24, 2.45) is 0 Å². The molecule has 0 aliphatic carbocycles. The molecule has 1 unspecified atom stereocenters. The van der Waals surface area contributed by atoms with E-state index in [0.717, 1.165) is 12.0 Å². The van der Waals surface area contributed by atoms with E-state index in [0.29, 0.717) is 41.0 Å². The summed E-state index contributed by atoms with van der Waals surface area (Å²) < 4.78 is 18.2. The Morgan fingerprint density at radius 3 is 2.59 bits per heavy atom. The van der Waals surface area contributed by atoms with Crippen molar-refractivity contribution in [2.45, 2.75) is 19.3 Å². The highest BCUT2D eigenvalue weighted by Gasteiger charge is 2.18. The lowest BCUT2D eigenvalue weighted by Gasteiger charge is -2.15. The zero-order valence-corrected chi connectivity index (χ0v) is 19.4. The minimum absolute atomic E-state index is 0.0214. The van der Waals surface area contributed by atoms with Crippen LogP contribution in [0.4, 0.5) is 0 Å². The summed E-state index contributed by atoms with van der Waals surface area (Å²) in [5.41, 5.74) is 2.26. The average Bonchev–Trinajstić information content (AvgIpc) is 3.30. The van der Waals surface area contributed by atoms with E-state index in [1.54, 1.807) is 36.9 Å². The molecule has 1 atom stereocenters. The number of aromatic nitrogens is 4. The number of nitrogens with zero attached hydrogens (tertiary/aromatic N) is 4. The van der Waals surface area contributed by atoms with Gasteiger partial charge in [-0.3, -0.25) is 4.79 Å². The van der Waals surface area contributed by atoms with E-state index in [2.05, 4.69) is 20.6 Å². The molecule has 0 spiro atoms. The van der Waals surface area contributed by atoms with Crippen LogP contribution in [0.5, 0.6) is 17.4 Å². The number of amides is 1. The number of carbonyl (C=O) groups is 1. The van der Waals surface area contributed by atoms with E-state index < -0.39 is 0 Å². The van der Waals surface area contributed by atoms with Gasteiger partial charge in [0.1, 0.15) is 18.1 Å². The fraction of sp³-hybridized carbons (Fsp3) is 0.280. The van der Waals surface area contributed by atoms with E-state index in [9.17, 15) is 4.79 Å². The van der Waals surface area contributed by atoms with Gasteiger partial charge in [0.15, 0.2) is 11.5 Å². The molecule has 9 nitrogen and oxygen atoms in total. The van der Waals surface area contributed by atoms with Crippen molar-refractivity contribution in [1.29, 1.82) is 0 Å². The smallest absolute Gasteiger partial charge is 0.231 e. The van der Waals surface area contributed by atoms with Gasteiger partial charge >= 0.3 is 0 Å². The number of nitrogens with one attached hydrogen (secondary N) is 1. The Hall–Kier alpha value is -4.14. The van der Waals surface area contributed by atoms with Gasteiger partial charge in [-0.25, -0.2) is 0 Å². The molecule has 0 saturated heterocycles.